The van der Waals surface area contributed by atoms with Gasteiger partial charge in [-0.15, -0.1) is 0 Å². The number of amides is 2. The second-order valence-corrected chi connectivity index (χ2v) is 5.74. The number of para-hydroxylation sites is 1. The van der Waals surface area contributed by atoms with Gasteiger partial charge >= 0.3 is 5.97 Å². The predicted molar refractivity (Wildman–Crippen MR) is 92.8 cm³/mol. The molecule has 0 aliphatic heterocycles. The van der Waals surface area contributed by atoms with Crippen molar-refractivity contribution >= 4 is 23.5 Å². The van der Waals surface area contributed by atoms with Crippen molar-refractivity contribution < 1.29 is 19.5 Å². The summed E-state index contributed by atoms with van der Waals surface area (Å²) in [6.07, 6.45) is 2.82. The van der Waals surface area contributed by atoms with Crippen LogP contribution in [0.15, 0.2) is 30.3 Å². The number of carboxylic acids is 1. The molecule has 2 N–H and O–H groups in total. The Hall–Kier alpha value is -2.37. The van der Waals surface area contributed by atoms with Gasteiger partial charge in [0, 0.05) is 25.6 Å². The highest BCUT2D eigenvalue weighted by Gasteiger charge is 2.19. The molecule has 1 unspecified atom stereocenters. The molecule has 1 aromatic rings. The number of benzene rings is 1. The van der Waals surface area contributed by atoms with Gasteiger partial charge in [0.2, 0.25) is 11.8 Å². The molecule has 6 nitrogen and oxygen atoms in total. The number of carbonyl (C=O) groups excluding carboxylic acids is 2. The van der Waals surface area contributed by atoms with Crippen LogP contribution >= 0.6 is 0 Å². The molecule has 132 valence electrons. The average Bonchev–Trinajstić information content (AvgIpc) is 2.58. The molecule has 6 heteroatoms. The van der Waals surface area contributed by atoms with Crippen LogP contribution in [0.2, 0.25) is 0 Å². The summed E-state index contributed by atoms with van der Waals surface area (Å²) in [5.74, 6) is -1.42. The second-order valence-electron chi connectivity index (χ2n) is 5.74. The molecular formula is C18H26N2O4. The van der Waals surface area contributed by atoms with Gasteiger partial charge < -0.3 is 15.3 Å². The monoisotopic (exact) mass is 334 g/mol. The molecular weight excluding hydrogens is 308 g/mol. The highest BCUT2D eigenvalue weighted by atomic mass is 16.4. The van der Waals surface area contributed by atoms with E-state index in [-0.39, 0.29) is 24.7 Å². The summed E-state index contributed by atoms with van der Waals surface area (Å²) in [4.78, 5) is 36.6. The number of carboxylic acid groups (broad SMARTS) is 1. The summed E-state index contributed by atoms with van der Waals surface area (Å²) >= 11 is 0. The molecule has 0 saturated carbocycles. The molecule has 0 aliphatic rings. The zero-order chi connectivity index (χ0) is 17.9. The quantitative estimate of drug-likeness (QED) is 0.688. The van der Waals surface area contributed by atoms with E-state index in [0.717, 1.165) is 18.5 Å². The molecule has 24 heavy (non-hydrogen) atoms. The number of aliphatic carboxylic acids is 1. The maximum atomic E-state index is 12.1. The highest BCUT2D eigenvalue weighted by Crippen LogP contribution is 2.13. The Morgan fingerprint density at radius 1 is 1.12 bits per heavy atom. The molecule has 0 saturated heterocycles. The van der Waals surface area contributed by atoms with Gasteiger partial charge in [-0.25, -0.2) is 4.79 Å². The lowest BCUT2D eigenvalue weighted by Crippen LogP contribution is -2.40. The highest BCUT2D eigenvalue weighted by molar-refractivity contribution is 5.93. The number of carbonyl (C=O) groups is 3. The van der Waals surface area contributed by atoms with Crippen molar-refractivity contribution in [2.24, 2.45) is 0 Å². The van der Waals surface area contributed by atoms with Gasteiger partial charge in [0.05, 0.1) is 0 Å². The van der Waals surface area contributed by atoms with Crippen LogP contribution in [0, 0.1) is 0 Å². The maximum absolute atomic E-state index is 12.1. The SMILES string of the molecule is CCCCC(NC(=O)CCCC(=O)N(C)c1ccccc1)C(=O)O. The number of unbranched alkanes of at least 4 members (excludes halogenated alkanes) is 1. The van der Waals surface area contributed by atoms with E-state index in [1.165, 1.54) is 0 Å². The van der Waals surface area contributed by atoms with Crippen molar-refractivity contribution in [3.05, 3.63) is 30.3 Å². The molecule has 0 heterocycles. The number of rotatable bonds is 10. The summed E-state index contributed by atoms with van der Waals surface area (Å²) in [6.45, 7) is 1.97. The van der Waals surface area contributed by atoms with E-state index >= 15 is 0 Å². The van der Waals surface area contributed by atoms with E-state index in [2.05, 4.69) is 5.32 Å². The summed E-state index contributed by atoms with van der Waals surface area (Å²) in [5.41, 5.74) is 0.803. The van der Waals surface area contributed by atoms with Crippen LogP contribution < -0.4 is 10.2 Å². The zero-order valence-electron chi connectivity index (χ0n) is 14.3. The van der Waals surface area contributed by atoms with Gasteiger partial charge in [-0.2, -0.15) is 0 Å². The number of nitrogens with zero attached hydrogens (tertiary/aromatic N) is 1. The lowest BCUT2D eigenvalue weighted by molar-refractivity contribution is -0.142. The number of hydrogen-bond donors (Lipinski definition) is 2. The molecule has 0 fully saturated rings. The van der Waals surface area contributed by atoms with Crippen molar-refractivity contribution in [1.82, 2.24) is 5.32 Å². The number of hydrogen-bond acceptors (Lipinski definition) is 3. The first-order valence-corrected chi connectivity index (χ1v) is 8.29. The van der Waals surface area contributed by atoms with Crippen LogP contribution in [0.4, 0.5) is 5.69 Å². The molecule has 0 aliphatic carbocycles. The summed E-state index contributed by atoms with van der Waals surface area (Å²) < 4.78 is 0. The number of nitrogens with one attached hydrogen (secondary N) is 1. The van der Waals surface area contributed by atoms with E-state index in [1.807, 2.05) is 37.3 Å². The minimum Gasteiger partial charge on any atom is -0.480 e. The van der Waals surface area contributed by atoms with Crippen LogP contribution in [0.5, 0.6) is 0 Å². The average molecular weight is 334 g/mol. The van der Waals surface area contributed by atoms with Crippen LogP contribution in [0.1, 0.15) is 45.4 Å². The summed E-state index contributed by atoms with van der Waals surface area (Å²) in [7, 11) is 1.70. The van der Waals surface area contributed by atoms with E-state index in [4.69, 9.17) is 5.11 Å². The van der Waals surface area contributed by atoms with Crippen molar-refractivity contribution in [3.8, 4) is 0 Å². The molecule has 2 amide bonds. The molecule has 1 rings (SSSR count). The summed E-state index contributed by atoms with van der Waals surface area (Å²) in [5, 5.41) is 11.6. The fourth-order valence-corrected chi connectivity index (χ4v) is 2.30. The first-order chi connectivity index (χ1) is 11.5. The van der Waals surface area contributed by atoms with Crippen LogP contribution in [-0.4, -0.2) is 36.0 Å². The van der Waals surface area contributed by atoms with Gasteiger partial charge in [-0.05, 0) is 25.0 Å². The third-order valence-corrected chi connectivity index (χ3v) is 3.79. The van der Waals surface area contributed by atoms with Crippen molar-refractivity contribution in [2.75, 3.05) is 11.9 Å². The van der Waals surface area contributed by atoms with Crippen LogP contribution in [0.3, 0.4) is 0 Å². The molecule has 1 atom stereocenters. The normalized spacial score (nSPS) is 11.6. The van der Waals surface area contributed by atoms with Crippen molar-refractivity contribution in [1.29, 1.82) is 0 Å². The Morgan fingerprint density at radius 2 is 1.79 bits per heavy atom. The molecule has 0 bridgehead atoms. The van der Waals surface area contributed by atoms with E-state index in [9.17, 15) is 14.4 Å². The largest absolute Gasteiger partial charge is 0.480 e. The fraction of sp³-hybridized carbons (Fsp3) is 0.500. The van der Waals surface area contributed by atoms with Gasteiger partial charge in [-0.1, -0.05) is 38.0 Å². The summed E-state index contributed by atoms with van der Waals surface area (Å²) in [6, 6.07) is 8.43. The Bertz CT molecular complexity index is 545. The first-order valence-electron chi connectivity index (χ1n) is 8.29. The van der Waals surface area contributed by atoms with Crippen molar-refractivity contribution in [3.63, 3.8) is 0 Å². The van der Waals surface area contributed by atoms with E-state index in [1.54, 1.807) is 11.9 Å². The van der Waals surface area contributed by atoms with Gasteiger partial charge in [0.25, 0.3) is 0 Å². The minimum atomic E-state index is -1.02. The topological polar surface area (TPSA) is 86.7 Å². The smallest absolute Gasteiger partial charge is 0.326 e. The molecule has 0 aromatic heterocycles. The van der Waals surface area contributed by atoms with E-state index < -0.39 is 12.0 Å². The lowest BCUT2D eigenvalue weighted by Gasteiger charge is -2.17. The third-order valence-electron chi connectivity index (χ3n) is 3.79. The van der Waals surface area contributed by atoms with Crippen LogP contribution in [-0.2, 0) is 14.4 Å². The molecule has 1 aromatic carbocycles. The Labute approximate surface area is 142 Å². The second kappa shape index (κ2) is 10.4. The lowest BCUT2D eigenvalue weighted by atomic mass is 10.1. The van der Waals surface area contributed by atoms with Gasteiger partial charge in [0.1, 0.15) is 6.04 Å². The number of anilines is 1. The van der Waals surface area contributed by atoms with Crippen molar-refractivity contribution in [2.45, 2.75) is 51.5 Å². The Morgan fingerprint density at radius 3 is 2.38 bits per heavy atom. The maximum Gasteiger partial charge on any atom is 0.326 e. The third kappa shape index (κ3) is 6.81. The minimum absolute atomic E-state index is 0.0743. The molecule has 0 radical (unpaired) electrons. The standard InChI is InChI=1S/C18H26N2O4/c1-3-4-11-15(18(23)24)19-16(21)12-8-13-17(22)20(2)14-9-6-5-7-10-14/h5-7,9-10,15H,3-4,8,11-13H2,1-2H3,(H,19,21)(H,23,24). The zero-order valence-corrected chi connectivity index (χ0v) is 14.3. The fourth-order valence-electron chi connectivity index (χ4n) is 2.30. The van der Waals surface area contributed by atoms with Gasteiger partial charge in [0.15, 0.2) is 0 Å². The molecule has 0 spiro atoms. The van der Waals surface area contributed by atoms with Crippen LogP contribution in [0.25, 0.3) is 0 Å². The Kier molecular flexibility index (Phi) is 8.54. The van der Waals surface area contributed by atoms with E-state index in [0.29, 0.717) is 12.8 Å². The predicted octanol–water partition coefficient (Wildman–Crippen LogP) is 2.58. The Balaban J connectivity index is 2.36. The first kappa shape index (κ1) is 19.7. The van der Waals surface area contributed by atoms with Gasteiger partial charge in [-0.3, -0.25) is 9.59 Å².